The van der Waals surface area contributed by atoms with Crippen LogP contribution < -0.4 is 5.32 Å². The van der Waals surface area contributed by atoms with E-state index >= 15 is 0 Å². The Hall–Kier alpha value is -2.62. The van der Waals surface area contributed by atoms with Gasteiger partial charge in [0.05, 0.1) is 16.3 Å². The molecule has 0 aliphatic heterocycles. The quantitative estimate of drug-likeness (QED) is 0.501. The minimum Gasteiger partial charge on any atom is -0.320 e. The molecule has 0 saturated heterocycles. The Labute approximate surface area is 182 Å². The molecule has 3 aromatic rings. The van der Waals surface area contributed by atoms with Gasteiger partial charge in [-0.25, -0.2) is 9.67 Å². The van der Waals surface area contributed by atoms with E-state index in [1.54, 1.807) is 6.92 Å². The van der Waals surface area contributed by atoms with Crippen molar-refractivity contribution in [1.82, 2.24) is 14.8 Å². The molecule has 30 heavy (non-hydrogen) atoms. The molecule has 0 aliphatic carbocycles. The molecule has 0 spiro atoms. The van der Waals surface area contributed by atoms with E-state index in [0.29, 0.717) is 16.3 Å². The van der Waals surface area contributed by atoms with Gasteiger partial charge >= 0.3 is 6.18 Å². The van der Waals surface area contributed by atoms with Crippen LogP contribution in [0.2, 0.25) is 10.0 Å². The van der Waals surface area contributed by atoms with Gasteiger partial charge in [0.25, 0.3) is 11.1 Å². The molecule has 6 nitrogen and oxygen atoms in total. The summed E-state index contributed by atoms with van der Waals surface area (Å²) in [6.45, 7) is 1.54. The van der Waals surface area contributed by atoms with Gasteiger partial charge in [0, 0.05) is 17.3 Å². The molecule has 0 fully saturated rings. The molecule has 1 N–H and O–H groups in total. The highest BCUT2D eigenvalue weighted by atomic mass is 35.5. The van der Waals surface area contributed by atoms with Crippen molar-refractivity contribution in [2.75, 3.05) is 5.32 Å². The number of aromatic nitrogens is 3. The van der Waals surface area contributed by atoms with E-state index in [1.807, 2.05) is 0 Å². The third-order valence-corrected chi connectivity index (χ3v) is 4.64. The number of pyridine rings is 1. The van der Waals surface area contributed by atoms with E-state index in [4.69, 9.17) is 34.8 Å². The summed E-state index contributed by atoms with van der Waals surface area (Å²) < 4.78 is 40.4. The molecular weight excluding hydrogens is 468 g/mol. The molecule has 0 radical (unpaired) electrons. The second-order valence-electron chi connectivity index (χ2n) is 6.01. The van der Waals surface area contributed by atoms with Crippen LogP contribution >= 0.6 is 34.8 Å². The van der Waals surface area contributed by atoms with Crippen LogP contribution in [-0.2, 0) is 6.18 Å². The summed E-state index contributed by atoms with van der Waals surface area (Å²) in [4.78, 5) is 28.5. The molecule has 0 atom stereocenters. The van der Waals surface area contributed by atoms with Crippen molar-refractivity contribution in [3.8, 4) is 5.82 Å². The number of nitrogens with one attached hydrogen (secondary N) is 1. The Bertz CT molecular complexity index is 1160. The first-order valence-electron chi connectivity index (χ1n) is 8.08. The topological polar surface area (TPSA) is 76.9 Å². The molecule has 3 rings (SSSR count). The number of carbonyl (C=O) groups excluding carboxylic acids is 2. The predicted octanol–water partition coefficient (Wildman–Crippen LogP) is 5.53. The molecule has 12 heteroatoms. The Kier molecular flexibility index (Phi) is 6.07. The van der Waals surface area contributed by atoms with E-state index in [0.717, 1.165) is 0 Å². The third-order valence-electron chi connectivity index (χ3n) is 3.92. The van der Waals surface area contributed by atoms with Crippen molar-refractivity contribution < 1.29 is 22.8 Å². The zero-order valence-corrected chi connectivity index (χ0v) is 17.2. The molecule has 0 saturated carbocycles. The summed E-state index contributed by atoms with van der Waals surface area (Å²) in [6, 6.07) is 6.08. The van der Waals surface area contributed by atoms with Crippen LogP contribution in [0.1, 0.15) is 32.1 Å². The van der Waals surface area contributed by atoms with Crippen LogP contribution in [0.5, 0.6) is 0 Å². The Morgan fingerprint density at radius 1 is 1.17 bits per heavy atom. The fourth-order valence-electron chi connectivity index (χ4n) is 2.62. The first-order chi connectivity index (χ1) is 14.0. The molecule has 0 unspecified atom stereocenters. The zero-order valence-electron chi connectivity index (χ0n) is 14.9. The molecule has 2 aromatic heterocycles. The van der Waals surface area contributed by atoms with Crippen molar-refractivity contribution in [2.45, 2.75) is 13.1 Å². The Balaban J connectivity index is 2.13. The summed E-state index contributed by atoms with van der Waals surface area (Å²) in [5, 5.41) is 5.09. The van der Waals surface area contributed by atoms with Crippen LogP contribution in [0.3, 0.4) is 0 Å². The lowest BCUT2D eigenvalue weighted by Crippen LogP contribution is -2.19. The minimum absolute atomic E-state index is 0.00201. The monoisotopic (exact) mass is 476 g/mol. The van der Waals surface area contributed by atoms with Crippen molar-refractivity contribution in [2.24, 2.45) is 0 Å². The minimum atomic E-state index is -4.82. The fraction of sp³-hybridized carbons (Fsp3) is 0.111. The van der Waals surface area contributed by atoms with Gasteiger partial charge in [0.15, 0.2) is 11.5 Å². The molecular formula is C18H10Cl3F3N4O2. The summed E-state index contributed by atoms with van der Waals surface area (Å²) >= 11 is 17.5. The lowest BCUT2D eigenvalue weighted by Gasteiger charge is -2.13. The lowest BCUT2D eigenvalue weighted by atomic mass is 10.1. The van der Waals surface area contributed by atoms with Gasteiger partial charge < -0.3 is 5.32 Å². The summed E-state index contributed by atoms with van der Waals surface area (Å²) in [5.74, 6) is -1.18. The maximum absolute atomic E-state index is 13.2. The number of rotatable bonds is 4. The van der Waals surface area contributed by atoms with Gasteiger partial charge in [0.2, 0.25) is 0 Å². The number of anilines is 1. The maximum Gasteiger partial charge on any atom is 0.435 e. The molecule has 0 aliphatic rings. The van der Waals surface area contributed by atoms with Crippen LogP contribution in [0.25, 0.3) is 5.82 Å². The Morgan fingerprint density at radius 3 is 2.47 bits per heavy atom. The van der Waals surface area contributed by atoms with E-state index in [1.165, 1.54) is 30.5 Å². The average molecular weight is 478 g/mol. The van der Waals surface area contributed by atoms with E-state index < -0.39 is 28.7 Å². The first kappa shape index (κ1) is 22.1. The van der Waals surface area contributed by atoms with Gasteiger partial charge in [-0.05, 0) is 48.4 Å². The number of halogens is 6. The SMILES string of the molecule is Cc1cc(Cl)cc(C(=O)Cl)c1NC(=O)c1cc(C(F)(F)F)nn1-c1ncccc1Cl. The standard InChI is InChI=1S/C18H10Cl3F3N4O2/c1-8-5-9(19)6-10(15(21)29)14(8)26-17(30)12-7-13(18(22,23)24)27-28(12)16-11(20)3-2-4-25-16/h2-7H,1H3,(H,26,30). The van der Waals surface area contributed by atoms with Crippen LogP contribution in [0, 0.1) is 6.92 Å². The second kappa shape index (κ2) is 8.25. The van der Waals surface area contributed by atoms with Crippen molar-refractivity contribution in [3.05, 3.63) is 69.1 Å². The molecule has 156 valence electrons. The highest BCUT2D eigenvalue weighted by Crippen LogP contribution is 2.32. The number of amides is 1. The number of aryl methyl sites for hydroxylation is 1. The summed E-state index contributed by atoms with van der Waals surface area (Å²) in [5.41, 5.74) is -1.58. The van der Waals surface area contributed by atoms with Crippen LogP contribution in [-0.4, -0.2) is 25.9 Å². The summed E-state index contributed by atoms with van der Waals surface area (Å²) in [6.07, 6.45) is -3.54. The average Bonchev–Trinajstić information content (AvgIpc) is 3.09. The van der Waals surface area contributed by atoms with E-state index in [-0.39, 0.29) is 27.1 Å². The highest BCUT2D eigenvalue weighted by molar-refractivity contribution is 6.68. The third kappa shape index (κ3) is 4.43. The number of hydrogen-bond donors (Lipinski definition) is 1. The van der Waals surface area contributed by atoms with Gasteiger partial charge in [0.1, 0.15) is 5.69 Å². The highest BCUT2D eigenvalue weighted by Gasteiger charge is 2.36. The van der Waals surface area contributed by atoms with Gasteiger partial charge in [-0.1, -0.05) is 23.2 Å². The van der Waals surface area contributed by atoms with Crippen LogP contribution in [0.4, 0.5) is 18.9 Å². The van der Waals surface area contributed by atoms with Crippen LogP contribution in [0.15, 0.2) is 36.5 Å². The fourth-order valence-corrected chi connectivity index (χ4v) is 3.24. The number of hydrogen-bond acceptors (Lipinski definition) is 4. The number of carbonyl (C=O) groups is 2. The zero-order chi connectivity index (χ0) is 22.2. The van der Waals surface area contributed by atoms with Crippen molar-refractivity contribution in [3.63, 3.8) is 0 Å². The molecule has 0 bridgehead atoms. The number of alkyl halides is 3. The summed E-state index contributed by atoms with van der Waals surface area (Å²) in [7, 11) is 0. The normalized spacial score (nSPS) is 11.4. The molecule has 2 heterocycles. The molecule has 1 aromatic carbocycles. The maximum atomic E-state index is 13.2. The van der Waals surface area contributed by atoms with Crippen molar-refractivity contribution >= 4 is 51.6 Å². The van der Waals surface area contributed by atoms with Gasteiger partial charge in [-0.15, -0.1) is 0 Å². The van der Waals surface area contributed by atoms with Crippen molar-refractivity contribution in [1.29, 1.82) is 0 Å². The molecule has 1 amide bonds. The van der Waals surface area contributed by atoms with Gasteiger partial charge in [-0.2, -0.15) is 18.3 Å². The predicted molar refractivity (Wildman–Crippen MR) is 106 cm³/mol. The number of nitrogens with zero attached hydrogens (tertiary/aromatic N) is 3. The Morgan fingerprint density at radius 2 is 1.87 bits per heavy atom. The number of benzene rings is 1. The first-order valence-corrected chi connectivity index (χ1v) is 9.22. The van der Waals surface area contributed by atoms with Gasteiger partial charge in [-0.3, -0.25) is 9.59 Å². The largest absolute Gasteiger partial charge is 0.435 e. The lowest BCUT2D eigenvalue weighted by molar-refractivity contribution is -0.141. The van der Waals surface area contributed by atoms with E-state index in [9.17, 15) is 22.8 Å². The smallest absolute Gasteiger partial charge is 0.320 e. The second-order valence-corrected chi connectivity index (χ2v) is 7.19. The van der Waals surface area contributed by atoms with E-state index in [2.05, 4.69) is 15.4 Å².